The van der Waals surface area contributed by atoms with E-state index in [1.165, 1.54) is 18.1 Å². The van der Waals surface area contributed by atoms with Gasteiger partial charge in [-0.2, -0.15) is 9.49 Å². The Hall–Kier alpha value is -1.71. The van der Waals surface area contributed by atoms with Gasteiger partial charge in [0.15, 0.2) is 0 Å². The van der Waals surface area contributed by atoms with Gasteiger partial charge in [-0.3, -0.25) is 5.10 Å². The molecule has 2 nitrogen and oxygen atoms in total. The summed E-state index contributed by atoms with van der Waals surface area (Å²) in [5.74, 6) is -0.982. The van der Waals surface area contributed by atoms with Crippen molar-refractivity contribution in [3.05, 3.63) is 35.0 Å². The normalized spacial score (nSPS) is 15.2. The Balaban J connectivity index is 2.14. The quantitative estimate of drug-likeness (QED) is 0.783. The standard InChI is InChI=1S/C12H10F2N2/c13-10-6-9-11(15-16-12(9)14)5-8(10)4-7-2-1-3-7/h4-6H,1-3H2,(H,15,16). The molecule has 0 bridgehead atoms. The number of halogens is 2. The summed E-state index contributed by atoms with van der Waals surface area (Å²) in [5.41, 5.74) is 2.20. The molecule has 0 unspecified atom stereocenters. The number of aromatic amines is 1. The fourth-order valence-corrected chi connectivity index (χ4v) is 1.87. The molecule has 1 heterocycles. The predicted molar refractivity (Wildman–Crippen MR) is 57.8 cm³/mol. The molecular weight excluding hydrogens is 210 g/mol. The Morgan fingerprint density at radius 3 is 2.75 bits per heavy atom. The van der Waals surface area contributed by atoms with Gasteiger partial charge in [-0.25, -0.2) is 4.39 Å². The Labute approximate surface area is 91.0 Å². The lowest BCUT2D eigenvalue weighted by Gasteiger charge is -2.15. The summed E-state index contributed by atoms with van der Waals surface area (Å²) < 4.78 is 26.7. The van der Waals surface area contributed by atoms with Crippen LogP contribution >= 0.6 is 0 Å². The molecule has 1 N–H and O–H groups in total. The zero-order valence-electron chi connectivity index (χ0n) is 8.56. The number of aromatic nitrogens is 2. The van der Waals surface area contributed by atoms with Crippen molar-refractivity contribution in [3.8, 4) is 0 Å². The molecule has 0 aliphatic heterocycles. The van der Waals surface area contributed by atoms with Crippen LogP contribution in [0.2, 0.25) is 0 Å². The van der Waals surface area contributed by atoms with E-state index < -0.39 is 11.8 Å². The minimum absolute atomic E-state index is 0.202. The van der Waals surface area contributed by atoms with E-state index in [1.54, 1.807) is 6.07 Å². The topological polar surface area (TPSA) is 28.7 Å². The zero-order chi connectivity index (χ0) is 11.1. The van der Waals surface area contributed by atoms with Gasteiger partial charge in [0.1, 0.15) is 5.82 Å². The largest absolute Gasteiger partial charge is 0.252 e. The number of hydrogen-bond donors (Lipinski definition) is 1. The number of nitrogens with one attached hydrogen (secondary N) is 1. The van der Waals surface area contributed by atoms with Crippen molar-refractivity contribution < 1.29 is 8.78 Å². The molecule has 0 saturated heterocycles. The Morgan fingerprint density at radius 1 is 1.25 bits per heavy atom. The summed E-state index contributed by atoms with van der Waals surface area (Å²) in [6, 6.07) is 2.77. The summed E-state index contributed by atoms with van der Waals surface area (Å²) in [6.45, 7) is 0. The number of fused-ring (bicyclic) bond motifs is 1. The van der Waals surface area contributed by atoms with Gasteiger partial charge >= 0.3 is 0 Å². The van der Waals surface area contributed by atoms with E-state index in [0.717, 1.165) is 12.8 Å². The highest BCUT2D eigenvalue weighted by atomic mass is 19.1. The van der Waals surface area contributed by atoms with Crippen molar-refractivity contribution in [1.29, 1.82) is 0 Å². The molecule has 4 heteroatoms. The summed E-state index contributed by atoms with van der Waals surface area (Å²) >= 11 is 0. The van der Waals surface area contributed by atoms with Gasteiger partial charge in [0.25, 0.3) is 0 Å². The smallest absolute Gasteiger partial charge is 0.216 e. The van der Waals surface area contributed by atoms with Crippen molar-refractivity contribution in [2.24, 2.45) is 0 Å². The first kappa shape index (κ1) is 9.51. The molecular formula is C12H10F2N2. The second-order valence-electron chi connectivity index (χ2n) is 4.08. The van der Waals surface area contributed by atoms with Crippen LogP contribution in [0.4, 0.5) is 8.78 Å². The summed E-state index contributed by atoms with van der Waals surface area (Å²) in [6.07, 6.45) is 5.08. The average molecular weight is 220 g/mol. The maximum Gasteiger partial charge on any atom is 0.216 e. The van der Waals surface area contributed by atoms with Gasteiger partial charge in [0, 0.05) is 5.56 Å². The molecule has 1 aliphatic rings. The lowest BCUT2D eigenvalue weighted by molar-refractivity contribution is 0.586. The molecule has 1 fully saturated rings. The van der Waals surface area contributed by atoms with Crippen LogP contribution < -0.4 is 0 Å². The van der Waals surface area contributed by atoms with Crippen molar-refractivity contribution in [2.45, 2.75) is 19.3 Å². The second kappa shape index (κ2) is 3.40. The Morgan fingerprint density at radius 2 is 2.06 bits per heavy atom. The number of benzene rings is 1. The Bertz CT molecular complexity index is 578. The maximum atomic E-state index is 13.6. The zero-order valence-corrected chi connectivity index (χ0v) is 8.56. The fourth-order valence-electron chi connectivity index (χ4n) is 1.87. The molecule has 1 saturated carbocycles. The SMILES string of the molecule is Fc1cc2c(F)[nH]nc2cc1C=C1CCC1. The first-order valence-corrected chi connectivity index (χ1v) is 5.26. The molecule has 3 rings (SSSR count). The monoisotopic (exact) mass is 220 g/mol. The molecule has 1 aliphatic carbocycles. The third-order valence-corrected chi connectivity index (χ3v) is 2.98. The third-order valence-electron chi connectivity index (χ3n) is 2.98. The highest BCUT2D eigenvalue weighted by Crippen LogP contribution is 2.29. The number of H-pyrrole nitrogens is 1. The highest BCUT2D eigenvalue weighted by molar-refractivity contribution is 5.81. The minimum Gasteiger partial charge on any atom is -0.252 e. The molecule has 0 atom stereocenters. The van der Waals surface area contributed by atoms with Crippen LogP contribution in [0.15, 0.2) is 17.7 Å². The van der Waals surface area contributed by atoms with Crippen LogP contribution in [0.3, 0.4) is 0 Å². The molecule has 1 aromatic heterocycles. The van der Waals surface area contributed by atoms with Gasteiger partial charge in [0.2, 0.25) is 5.95 Å². The van der Waals surface area contributed by atoms with Crippen LogP contribution in [0.1, 0.15) is 24.8 Å². The number of nitrogens with zero attached hydrogens (tertiary/aromatic N) is 1. The van der Waals surface area contributed by atoms with Crippen LogP contribution in [0.25, 0.3) is 17.0 Å². The van der Waals surface area contributed by atoms with Crippen molar-refractivity contribution >= 4 is 17.0 Å². The van der Waals surface area contributed by atoms with Crippen molar-refractivity contribution in [3.63, 3.8) is 0 Å². The molecule has 82 valence electrons. The molecule has 16 heavy (non-hydrogen) atoms. The highest BCUT2D eigenvalue weighted by Gasteiger charge is 2.12. The van der Waals surface area contributed by atoms with Crippen molar-refractivity contribution in [1.82, 2.24) is 10.2 Å². The first-order valence-electron chi connectivity index (χ1n) is 5.26. The van der Waals surface area contributed by atoms with Crippen LogP contribution in [-0.2, 0) is 0 Å². The first-order chi connectivity index (χ1) is 7.74. The maximum absolute atomic E-state index is 13.6. The summed E-state index contributed by atoms with van der Waals surface area (Å²) in [5, 5.41) is 6.19. The average Bonchev–Trinajstić information content (AvgIpc) is 2.54. The van der Waals surface area contributed by atoms with E-state index in [9.17, 15) is 8.78 Å². The van der Waals surface area contributed by atoms with E-state index in [-0.39, 0.29) is 5.39 Å². The predicted octanol–water partition coefficient (Wildman–Crippen LogP) is 3.41. The lowest BCUT2D eigenvalue weighted by atomic mass is 9.90. The van der Waals surface area contributed by atoms with Gasteiger partial charge in [-0.1, -0.05) is 11.6 Å². The molecule has 0 spiro atoms. The summed E-state index contributed by atoms with van der Waals surface area (Å²) in [4.78, 5) is 0. The molecule has 1 aromatic carbocycles. The van der Waals surface area contributed by atoms with Gasteiger partial charge in [-0.15, -0.1) is 0 Å². The summed E-state index contributed by atoms with van der Waals surface area (Å²) in [7, 11) is 0. The third kappa shape index (κ3) is 1.41. The van der Waals surface area contributed by atoms with Gasteiger partial charge in [0.05, 0.1) is 10.9 Å². The molecule has 0 amide bonds. The second-order valence-corrected chi connectivity index (χ2v) is 4.08. The fraction of sp³-hybridized carbons (Fsp3) is 0.250. The molecule has 2 aromatic rings. The van der Waals surface area contributed by atoms with E-state index in [4.69, 9.17) is 0 Å². The number of rotatable bonds is 1. The van der Waals surface area contributed by atoms with Crippen LogP contribution in [-0.4, -0.2) is 10.2 Å². The lowest BCUT2D eigenvalue weighted by Crippen LogP contribution is -1.96. The van der Waals surface area contributed by atoms with E-state index in [1.807, 2.05) is 6.08 Å². The van der Waals surface area contributed by atoms with Gasteiger partial charge in [-0.05, 0) is 31.4 Å². The van der Waals surface area contributed by atoms with E-state index >= 15 is 0 Å². The number of hydrogen-bond acceptors (Lipinski definition) is 1. The number of allylic oxidation sites excluding steroid dienone is 1. The Kier molecular flexibility index (Phi) is 2.02. The van der Waals surface area contributed by atoms with Crippen LogP contribution in [0, 0.1) is 11.8 Å². The minimum atomic E-state index is -0.586. The van der Waals surface area contributed by atoms with E-state index in [0.29, 0.717) is 11.1 Å². The molecule has 0 radical (unpaired) electrons. The van der Waals surface area contributed by atoms with Crippen molar-refractivity contribution in [2.75, 3.05) is 0 Å². The van der Waals surface area contributed by atoms with E-state index in [2.05, 4.69) is 10.2 Å². The van der Waals surface area contributed by atoms with Gasteiger partial charge < -0.3 is 0 Å². The van der Waals surface area contributed by atoms with Crippen LogP contribution in [0.5, 0.6) is 0 Å².